The van der Waals surface area contributed by atoms with Crippen LogP contribution in [0.15, 0.2) is 30.3 Å². The summed E-state index contributed by atoms with van der Waals surface area (Å²) >= 11 is 0. The van der Waals surface area contributed by atoms with E-state index < -0.39 is 0 Å². The maximum Gasteiger partial charge on any atom is 0.307 e. The molecule has 0 aliphatic rings. The summed E-state index contributed by atoms with van der Waals surface area (Å²) in [6, 6.07) is 10.3. The van der Waals surface area contributed by atoms with Crippen LogP contribution in [0.4, 0.5) is 0 Å². The molecular weight excluding hydrogens is 231 g/mol. The van der Waals surface area contributed by atoms with Crippen molar-refractivity contribution in [3.8, 4) is 0 Å². The van der Waals surface area contributed by atoms with Crippen molar-refractivity contribution < 1.29 is 9.32 Å². The van der Waals surface area contributed by atoms with Crippen LogP contribution >= 0.6 is 9.47 Å². The van der Waals surface area contributed by atoms with Crippen molar-refractivity contribution in [1.29, 1.82) is 0 Å². The lowest BCUT2D eigenvalue weighted by atomic mass is 10.2. The minimum atomic E-state index is -0.194. The van der Waals surface area contributed by atoms with Gasteiger partial charge in [0.2, 0.25) is 0 Å². The molecule has 0 fully saturated rings. The Morgan fingerprint density at radius 3 is 1.65 bits per heavy atom. The first-order valence-electron chi connectivity index (χ1n) is 6.12. The summed E-state index contributed by atoms with van der Waals surface area (Å²) in [5.41, 5.74) is 1.32. The van der Waals surface area contributed by atoms with Gasteiger partial charge in [-0.15, -0.1) is 0 Å². The van der Waals surface area contributed by atoms with Crippen LogP contribution in [0.2, 0.25) is 0 Å². The molecule has 0 heterocycles. The average Bonchev–Trinajstić information content (AvgIpc) is 2.44. The van der Waals surface area contributed by atoms with Crippen LogP contribution in [0.3, 0.4) is 0 Å². The highest BCUT2D eigenvalue weighted by Gasteiger charge is 1.87. The Balaban J connectivity index is -0.000000180. The molecule has 0 radical (unpaired) electrons. The summed E-state index contributed by atoms with van der Waals surface area (Å²) in [7, 11) is 1.89. The Kier molecular flexibility index (Phi) is 25.8. The number of hydrogen-bond acceptors (Lipinski definition) is 2. The molecule has 0 spiro atoms. The second kappa shape index (κ2) is 20.5. The summed E-state index contributed by atoms with van der Waals surface area (Å²) in [6.45, 7) is 11.8. The molecule has 0 saturated carbocycles. The van der Waals surface area contributed by atoms with Crippen molar-refractivity contribution in [3.63, 3.8) is 0 Å². The molecule has 3 heteroatoms. The van der Waals surface area contributed by atoms with E-state index in [9.17, 15) is 4.79 Å². The minimum Gasteiger partial charge on any atom is -0.452 e. The quantitative estimate of drug-likeness (QED) is 0.678. The first kappa shape index (κ1) is 21.4. The molecule has 1 aromatic carbocycles. The highest BCUT2D eigenvalue weighted by Crippen LogP contribution is 1.92. The Bertz CT molecular complexity index is 229. The SMILES string of the molecule is CC.CC.CCC(=O)OP.Cc1ccccc1. The topological polar surface area (TPSA) is 26.3 Å². The molecule has 0 saturated heterocycles. The number of carbonyl (C=O) groups excluding carboxylic acids is 1. The molecule has 0 aromatic heterocycles. The van der Waals surface area contributed by atoms with Crippen molar-refractivity contribution >= 4 is 15.4 Å². The van der Waals surface area contributed by atoms with Crippen molar-refractivity contribution in [2.75, 3.05) is 0 Å². The van der Waals surface area contributed by atoms with E-state index in [0.29, 0.717) is 6.42 Å². The first-order valence-corrected chi connectivity index (χ1v) is 6.59. The van der Waals surface area contributed by atoms with Gasteiger partial charge in [-0.25, -0.2) is 0 Å². The number of benzene rings is 1. The molecule has 0 amide bonds. The largest absolute Gasteiger partial charge is 0.452 e. The van der Waals surface area contributed by atoms with Crippen LogP contribution in [0.1, 0.15) is 46.6 Å². The molecule has 0 bridgehead atoms. The lowest BCUT2D eigenvalue weighted by Gasteiger charge is -1.86. The van der Waals surface area contributed by atoms with Gasteiger partial charge in [0.1, 0.15) is 0 Å². The average molecular weight is 258 g/mol. The molecule has 0 aliphatic carbocycles. The molecular formula is C14H27O2P. The minimum absolute atomic E-state index is 0.194. The Labute approximate surface area is 109 Å². The molecule has 1 atom stereocenters. The maximum atomic E-state index is 9.94. The van der Waals surface area contributed by atoms with E-state index in [-0.39, 0.29) is 5.97 Å². The highest BCUT2D eigenvalue weighted by molar-refractivity contribution is 7.10. The van der Waals surface area contributed by atoms with E-state index in [2.05, 4.69) is 23.6 Å². The smallest absolute Gasteiger partial charge is 0.307 e. The number of hydrogen-bond donors (Lipinski definition) is 0. The summed E-state index contributed by atoms with van der Waals surface area (Å²) < 4.78 is 4.18. The van der Waals surface area contributed by atoms with Gasteiger partial charge in [-0.1, -0.05) is 70.5 Å². The second-order valence-corrected chi connectivity index (χ2v) is 2.73. The number of carbonyl (C=O) groups is 1. The zero-order chi connectivity index (χ0) is 14.1. The molecule has 17 heavy (non-hydrogen) atoms. The van der Waals surface area contributed by atoms with E-state index in [1.54, 1.807) is 6.92 Å². The van der Waals surface area contributed by atoms with Crippen LogP contribution in [0.25, 0.3) is 0 Å². The highest BCUT2D eigenvalue weighted by atomic mass is 31.0. The Hall–Kier alpha value is -0.880. The number of aryl methyl sites for hydroxylation is 1. The van der Waals surface area contributed by atoms with E-state index in [4.69, 9.17) is 0 Å². The van der Waals surface area contributed by atoms with Crippen molar-refractivity contribution in [2.45, 2.75) is 48.0 Å². The fraction of sp³-hybridized carbons (Fsp3) is 0.500. The first-order chi connectivity index (χ1) is 8.20. The third kappa shape index (κ3) is 21.0. The van der Waals surface area contributed by atoms with Gasteiger partial charge < -0.3 is 4.52 Å². The fourth-order valence-corrected chi connectivity index (χ4v) is 0.784. The normalized spacial score (nSPS) is 7.00. The van der Waals surface area contributed by atoms with Crippen molar-refractivity contribution in [3.05, 3.63) is 35.9 Å². The van der Waals surface area contributed by atoms with E-state index in [1.165, 1.54) is 5.56 Å². The van der Waals surface area contributed by atoms with Crippen LogP contribution in [0.5, 0.6) is 0 Å². The van der Waals surface area contributed by atoms with Gasteiger partial charge in [0, 0.05) is 6.42 Å². The predicted octanol–water partition coefficient (Wildman–Crippen LogP) is 4.78. The third-order valence-electron chi connectivity index (χ3n) is 1.36. The van der Waals surface area contributed by atoms with Crippen LogP contribution < -0.4 is 0 Å². The fourth-order valence-electron chi connectivity index (χ4n) is 0.618. The van der Waals surface area contributed by atoms with Crippen molar-refractivity contribution in [1.82, 2.24) is 0 Å². The standard InChI is InChI=1S/C7H8.C3H7O2P.2C2H6/c1-7-5-3-2-4-6-7;1-2-3(4)5-6;2*1-2/h2-6H,1H3;2,6H2,1H3;2*1-2H3. The summed E-state index contributed by atoms with van der Waals surface area (Å²) in [5.74, 6) is -0.194. The zero-order valence-corrected chi connectivity index (χ0v) is 13.1. The predicted molar refractivity (Wildman–Crippen MR) is 80.0 cm³/mol. The summed E-state index contributed by atoms with van der Waals surface area (Å²) in [6.07, 6.45) is 0.448. The van der Waals surface area contributed by atoms with Crippen LogP contribution in [-0.2, 0) is 9.32 Å². The van der Waals surface area contributed by atoms with Gasteiger partial charge in [-0.05, 0) is 6.92 Å². The Morgan fingerprint density at radius 2 is 1.53 bits per heavy atom. The monoisotopic (exact) mass is 258 g/mol. The molecule has 0 N–H and O–H groups in total. The second-order valence-electron chi connectivity index (χ2n) is 2.50. The zero-order valence-electron chi connectivity index (χ0n) is 12.0. The van der Waals surface area contributed by atoms with Gasteiger partial charge >= 0.3 is 5.97 Å². The number of rotatable bonds is 1. The van der Waals surface area contributed by atoms with E-state index in [0.717, 1.165) is 0 Å². The van der Waals surface area contributed by atoms with Crippen LogP contribution in [-0.4, -0.2) is 5.97 Å². The Morgan fingerprint density at radius 1 is 1.12 bits per heavy atom. The lowest BCUT2D eigenvalue weighted by molar-refractivity contribution is -0.132. The molecule has 1 aromatic rings. The van der Waals surface area contributed by atoms with E-state index >= 15 is 0 Å². The van der Waals surface area contributed by atoms with Gasteiger partial charge in [0.15, 0.2) is 0 Å². The molecule has 1 unspecified atom stereocenters. The third-order valence-corrected chi connectivity index (χ3v) is 1.62. The van der Waals surface area contributed by atoms with Crippen LogP contribution in [0, 0.1) is 6.92 Å². The van der Waals surface area contributed by atoms with Gasteiger partial charge in [0.05, 0.1) is 9.47 Å². The molecule has 2 nitrogen and oxygen atoms in total. The van der Waals surface area contributed by atoms with Crippen molar-refractivity contribution in [2.24, 2.45) is 0 Å². The molecule has 1 rings (SSSR count). The summed E-state index contributed by atoms with van der Waals surface area (Å²) in [4.78, 5) is 9.94. The summed E-state index contributed by atoms with van der Waals surface area (Å²) in [5, 5.41) is 0. The maximum absolute atomic E-state index is 9.94. The van der Waals surface area contributed by atoms with Gasteiger partial charge in [-0.3, -0.25) is 4.79 Å². The van der Waals surface area contributed by atoms with Gasteiger partial charge in [0.25, 0.3) is 0 Å². The molecule has 100 valence electrons. The van der Waals surface area contributed by atoms with E-state index in [1.807, 2.05) is 55.4 Å². The van der Waals surface area contributed by atoms with Gasteiger partial charge in [-0.2, -0.15) is 0 Å². The molecule has 0 aliphatic heterocycles. The lowest BCUT2D eigenvalue weighted by Crippen LogP contribution is -1.89.